The first kappa shape index (κ1) is 17.7. The Morgan fingerprint density at radius 1 is 0.760 bits per heavy atom. The molecule has 3 aromatic rings. The highest BCUT2D eigenvalue weighted by Gasteiger charge is 2.30. The predicted molar refractivity (Wildman–Crippen MR) is 102 cm³/mol. The summed E-state index contributed by atoms with van der Waals surface area (Å²) >= 11 is 12.1. The summed E-state index contributed by atoms with van der Waals surface area (Å²) in [7, 11) is -3.80. The van der Waals surface area contributed by atoms with Crippen molar-refractivity contribution in [1.82, 2.24) is 0 Å². The molecule has 0 bridgehead atoms. The van der Waals surface area contributed by atoms with Gasteiger partial charge in [-0.05, 0) is 42.5 Å². The van der Waals surface area contributed by atoms with E-state index in [1.807, 2.05) is 12.1 Å². The zero-order valence-corrected chi connectivity index (χ0v) is 15.3. The lowest BCUT2D eigenvalue weighted by molar-refractivity contribution is 0.393. The maximum atomic E-state index is 13.3. The minimum absolute atomic E-state index is 0.307. The molecule has 0 saturated heterocycles. The molecule has 0 atom stereocenters. The van der Waals surface area contributed by atoms with Gasteiger partial charge in [-0.1, -0.05) is 59.6 Å². The van der Waals surface area contributed by atoms with Crippen LogP contribution in [0.5, 0.6) is 11.5 Å². The van der Waals surface area contributed by atoms with Gasteiger partial charge < -0.3 is 9.05 Å². The molecule has 0 unspecified atom stereocenters. The molecular formula is C18H14Cl2NO3P. The van der Waals surface area contributed by atoms with Crippen LogP contribution < -0.4 is 14.1 Å². The maximum absolute atomic E-state index is 13.3. The predicted octanol–water partition coefficient (Wildman–Crippen LogP) is 6.67. The normalized spacial score (nSPS) is 11.0. The van der Waals surface area contributed by atoms with Crippen LogP contribution >= 0.6 is 30.9 Å². The van der Waals surface area contributed by atoms with Crippen LogP contribution in [-0.4, -0.2) is 0 Å². The van der Waals surface area contributed by atoms with Crippen LogP contribution in [0.25, 0.3) is 0 Å². The molecule has 0 heterocycles. The van der Waals surface area contributed by atoms with Crippen molar-refractivity contribution in [3.05, 3.63) is 88.9 Å². The van der Waals surface area contributed by atoms with Crippen LogP contribution in [0.15, 0.2) is 78.9 Å². The van der Waals surface area contributed by atoms with Crippen LogP contribution in [0.3, 0.4) is 0 Å². The van der Waals surface area contributed by atoms with Gasteiger partial charge in [0.05, 0.1) is 10.7 Å². The Morgan fingerprint density at radius 2 is 1.28 bits per heavy atom. The van der Waals surface area contributed by atoms with Crippen molar-refractivity contribution >= 4 is 36.6 Å². The smallest absolute Gasteiger partial charge is 0.400 e. The SMILES string of the molecule is O=P(Nc1ccc(Cl)cc1Cl)(Oc1ccccc1)Oc1ccccc1. The highest BCUT2D eigenvalue weighted by atomic mass is 35.5. The third kappa shape index (κ3) is 4.93. The summed E-state index contributed by atoms with van der Waals surface area (Å²) in [5.41, 5.74) is 0.390. The zero-order valence-electron chi connectivity index (χ0n) is 12.9. The number of para-hydroxylation sites is 2. The van der Waals surface area contributed by atoms with Gasteiger partial charge in [0.25, 0.3) is 0 Å². The summed E-state index contributed by atoms with van der Waals surface area (Å²) in [6.45, 7) is 0. The van der Waals surface area contributed by atoms with Crippen LogP contribution in [-0.2, 0) is 4.57 Å². The Hall–Kier alpha value is -2.13. The van der Waals surface area contributed by atoms with Crippen molar-refractivity contribution in [2.75, 3.05) is 5.09 Å². The molecule has 0 radical (unpaired) electrons. The first-order valence-electron chi connectivity index (χ1n) is 7.37. The summed E-state index contributed by atoms with van der Waals surface area (Å²) in [4.78, 5) is 0. The number of hydrogen-bond acceptors (Lipinski definition) is 3. The quantitative estimate of drug-likeness (QED) is 0.475. The molecule has 0 fully saturated rings. The fourth-order valence-electron chi connectivity index (χ4n) is 2.03. The second-order valence-corrected chi connectivity index (χ2v) is 7.47. The molecule has 0 spiro atoms. The largest absolute Gasteiger partial charge is 0.541 e. The minimum atomic E-state index is -3.80. The summed E-state index contributed by atoms with van der Waals surface area (Å²) in [5.74, 6) is 0.804. The van der Waals surface area contributed by atoms with Crippen molar-refractivity contribution in [1.29, 1.82) is 0 Å². The number of hydrogen-bond donors (Lipinski definition) is 1. The highest BCUT2D eigenvalue weighted by Crippen LogP contribution is 2.49. The van der Waals surface area contributed by atoms with Crippen molar-refractivity contribution in [3.63, 3.8) is 0 Å². The maximum Gasteiger partial charge on any atom is 0.541 e. The highest BCUT2D eigenvalue weighted by molar-refractivity contribution is 7.56. The fraction of sp³-hybridized carbons (Fsp3) is 0. The van der Waals surface area contributed by atoms with Gasteiger partial charge in [0.1, 0.15) is 11.5 Å². The zero-order chi connectivity index (χ0) is 17.7. The Bertz CT molecular complexity index is 846. The molecule has 7 heteroatoms. The minimum Gasteiger partial charge on any atom is -0.400 e. The summed E-state index contributed by atoms with van der Waals surface area (Å²) in [5, 5.41) is 3.55. The molecule has 0 aromatic heterocycles. The Labute approximate surface area is 155 Å². The molecular weight excluding hydrogens is 380 g/mol. The lowest BCUT2D eigenvalue weighted by Gasteiger charge is -2.21. The van der Waals surface area contributed by atoms with Crippen LogP contribution in [0, 0.1) is 0 Å². The molecule has 3 aromatic carbocycles. The number of rotatable bonds is 6. The first-order valence-corrected chi connectivity index (χ1v) is 9.67. The third-order valence-corrected chi connectivity index (χ3v) is 5.09. The number of nitrogens with one attached hydrogen (secondary N) is 1. The second kappa shape index (κ2) is 7.83. The second-order valence-electron chi connectivity index (χ2n) is 5.04. The molecule has 0 amide bonds. The van der Waals surface area contributed by atoms with E-state index >= 15 is 0 Å². The molecule has 128 valence electrons. The van der Waals surface area contributed by atoms with Gasteiger partial charge >= 0.3 is 7.75 Å². The van der Waals surface area contributed by atoms with Gasteiger partial charge in [0.15, 0.2) is 0 Å². The molecule has 0 aliphatic heterocycles. The van der Waals surface area contributed by atoms with Crippen LogP contribution in [0.1, 0.15) is 0 Å². The monoisotopic (exact) mass is 393 g/mol. The number of halogens is 2. The number of benzene rings is 3. The van der Waals surface area contributed by atoms with Gasteiger partial charge in [-0.15, -0.1) is 0 Å². The first-order chi connectivity index (χ1) is 12.0. The molecule has 0 aliphatic carbocycles. The van der Waals surface area contributed by atoms with E-state index in [9.17, 15) is 4.57 Å². The van der Waals surface area contributed by atoms with Crippen LogP contribution in [0.4, 0.5) is 5.69 Å². The summed E-state index contributed by atoms with van der Waals surface area (Å²) < 4.78 is 24.6. The lowest BCUT2D eigenvalue weighted by atomic mass is 10.3. The Kier molecular flexibility index (Phi) is 5.54. The Morgan fingerprint density at radius 3 is 1.76 bits per heavy atom. The van der Waals surface area contributed by atoms with Crippen LogP contribution in [0.2, 0.25) is 10.0 Å². The van der Waals surface area contributed by atoms with E-state index in [0.29, 0.717) is 27.2 Å². The standard InChI is InChI=1S/C18H14Cl2NO3P/c19-14-11-12-18(17(20)13-14)21-25(22,23-15-7-3-1-4-8-15)24-16-9-5-2-6-10-16/h1-13H,(H,21,22). The molecule has 4 nitrogen and oxygen atoms in total. The van der Waals surface area contributed by atoms with E-state index in [1.54, 1.807) is 66.7 Å². The fourth-order valence-corrected chi connectivity index (χ4v) is 3.97. The molecule has 1 N–H and O–H groups in total. The van der Waals surface area contributed by atoms with E-state index in [4.69, 9.17) is 32.2 Å². The summed E-state index contributed by atoms with van der Waals surface area (Å²) in [6.07, 6.45) is 0. The third-order valence-electron chi connectivity index (χ3n) is 3.13. The average Bonchev–Trinajstić information content (AvgIpc) is 2.59. The molecule has 0 aliphatic rings. The van der Waals surface area contributed by atoms with E-state index in [-0.39, 0.29) is 0 Å². The average molecular weight is 394 g/mol. The van der Waals surface area contributed by atoms with E-state index < -0.39 is 7.75 Å². The van der Waals surface area contributed by atoms with Crippen molar-refractivity contribution in [2.45, 2.75) is 0 Å². The van der Waals surface area contributed by atoms with E-state index in [1.165, 1.54) is 0 Å². The van der Waals surface area contributed by atoms with Gasteiger partial charge in [-0.25, -0.2) is 4.57 Å². The molecule has 25 heavy (non-hydrogen) atoms. The van der Waals surface area contributed by atoms with Crippen molar-refractivity contribution in [2.24, 2.45) is 0 Å². The van der Waals surface area contributed by atoms with Gasteiger partial charge in [-0.3, -0.25) is 5.09 Å². The van der Waals surface area contributed by atoms with Crippen molar-refractivity contribution in [3.8, 4) is 11.5 Å². The van der Waals surface area contributed by atoms with Gasteiger partial charge in [-0.2, -0.15) is 0 Å². The van der Waals surface area contributed by atoms with Gasteiger partial charge in [0, 0.05) is 5.02 Å². The van der Waals surface area contributed by atoms with E-state index in [2.05, 4.69) is 5.09 Å². The Balaban J connectivity index is 1.91. The van der Waals surface area contributed by atoms with Crippen molar-refractivity contribution < 1.29 is 13.6 Å². The molecule has 0 saturated carbocycles. The number of anilines is 1. The summed E-state index contributed by atoms with van der Waals surface area (Å²) in [6, 6.07) is 22.3. The van der Waals surface area contributed by atoms with Gasteiger partial charge in [0.2, 0.25) is 0 Å². The lowest BCUT2D eigenvalue weighted by Crippen LogP contribution is -2.10. The topological polar surface area (TPSA) is 47.6 Å². The van der Waals surface area contributed by atoms with E-state index in [0.717, 1.165) is 0 Å². The molecule has 3 rings (SSSR count).